The number of nitrogens with zero attached hydrogens (tertiary/aromatic N) is 1. The number of carbonyl (C=O) groups excluding carboxylic acids is 1. The van der Waals surface area contributed by atoms with E-state index in [0.717, 1.165) is 11.3 Å². The first-order valence-electron chi connectivity index (χ1n) is 6.03. The Kier molecular flexibility index (Phi) is 4.93. The van der Waals surface area contributed by atoms with Gasteiger partial charge in [0.2, 0.25) is 0 Å². The van der Waals surface area contributed by atoms with Crippen molar-refractivity contribution in [2.24, 2.45) is 0 Å². The van der Waals surface area contributed by atoms with Gasteiger partial charge in [-0.05, 0) is 23.8 Å². The third-order valence-electron chi connectivity index (χ3n) is 2.64. The van der Waals surface area contributed by atoms with E-state index in [0.29, 0.717) is 24.5 Å². The van der Waals surface area contributed by atoms with Crippen LogP contribution in [0, 0.1) is 0 Å². The minimum absolute atomic E-state index is 0.101. The summed E-state index contributed by atoms with van der Waals surface area (Å²) >= 11 is 5.95. The molecule has 0 saturated carbocycles. The molecule has 0 aliphatic rings. The van der Waals surface area contributed by atoms with Crippen molar-refractivity contribution in [3.05, 3.63) is 59.4 Å². The smallest absolute Gasteiger partial charge is 0.140 e. The summed E-state index contributed by atoms with van der Waals surface area (Å²) in [6.45, 7) is 0.381. The van der Waals surface area contributed by atoms with Gasteiger partial charge in [0.1, 0.15) is 11.5 Å². The summed E-state index contributed by atoms with van der Waals surface area (Å²) in [4.78, 5) is 15.7. The molecule has 0 bridgehead atoms. The highest BCUT2D eigenvalue weighted by atomic mass is 35.5. The van der Waals surface area contributed by atoms with E-state index in [4.69, 9.17) is 16.3 Å². The van der Waals surface area contributed by atoms with Crippen molar-refractivity contribution in [2.75, 3.05) is 6.61 Å². The summed E-state index contributed by atoms with van der Waals surface area (Å²) in [5.74, 6) is 0.876. The quantitative estimate of drug-likeness (QED) is 0.812. The van der Waals surface area contributed by atoms with Crippen LogP contribution >= 0.6 is 11.6 Å². The number of carbonyl (C=O) groups is 1. The van der Waals surface area contributed by atoms with Crippen molar-refractivity contribution in [3.8, 4) is 5.75 Å². The Morgan fingerprint density at radius 1 is 1.21 bits per heavy atom. The fraction of sp³-hybridized carbons (Fsp3) is 0.200. The number of pyridine rings is 1. The van der Waals surface area contributed by atoms with Crippen LogP contribution in [0.5, 0.6) is 5.75 Å². The number of hydrogen-bond donors (Lipinski definition) is 0. The van der Waals surface area contributed by atoms with E-state index < -0.39 is 0 Å². The normalized spacial score (nSPS) is 10.2. The van der Waals surface area contributed by atoms with Crippen LogP contribution in [0.4, 0.5) is 0 Å². The molecule has 19 heavy (non-hydrogen) atoms. The number of Topliss-reactive ketones (excluding diaryl/α,β-unsaturated/α-hetero) is 1. The molecule has 0 aliphatic heterocycles. The van der Waals surface area contributed by atoms with Crippen LogP contribution < -0.4 is 4.74 Å². The second-order valence-electron chi connectivity index (χ2n) is 4.09. The number of hydrogen-bond acceptors (Lipinski definition) is 3. The maximum atomic E-state index is 11.8. The lowest BCUT2D eigenvalue weighted by molar-refractivity contribution is -0.118. The molecule has 0 amide bonds. The highest BCUT2D eigenvalue weighted by molar-refractivity contribution is 6.31. The minimum Gasteiger partial charge on any atom is -0.493 e. The first kappa shape index (κ1) is 13.6. The van der Waals surface area contributed by atoms with Crippen LogP contribution in [-0.2, 0) is 11.2 Å². The highest BCUT2D eigenvalue weighted by Crippen LogP contribution is 2.15. The van der Waals surface area contributed by atoms with Gasteiger partial charge in [-0.1, -0.05) is 29.8 Å². The molecule has 3 nitrogen and oxygen atoms in total. The number of ether oxygens (including phenoxy) is 1. The second-order valence-corrected chi connectivity index (χ2v) is 4.50. The van der Waals surface area contributed by atoms with Crippen LogP contribution in [0.15, 0.2) is 48.8 Å². The van der Waals surface area contributed by atoms with Gasteiger partial charge in [0.05, 0.1) is 11.6 Å². The Hall–Kier alpha value is -1.87. The Labute approximate surface area is 117 Å². The Balaban J connectivity index is 1.78. The van der Waals surface area contributed by atoms with Gasteiger partial charge in [-0.15, -0.1) is 0 Å². The molecule has 0 radical (unpaired) electrons. The summed E-state index contributed by atoms with van der Waals surface area (Å²) in [6.07, 6.45) is 3.87. The lowest BCUT2D eigenvalue weighted by atomic mass is 10.1. The van der Waals surface area contributed by atoms with Gasteiger partial charge in [-0.3, -0.25) is 9.78 Å². The largest absolute Gasteiger partial charge is 0.493 e. The molecule has 4 heteroatoms. The monoisotopic (exact) mass is 275 g/mol. The van der Waals surface area contributed by atoms with Gasteiger partial charge in [0.15, 0.2) is 0 Å². The molecule has 0 unspecified atom stereocenters. The van der Waals surface area contributed by atoms with E-state index in [1.165, 1.54) is 0 Å². The number of para-hydroxylation sites is 1. The van der Waals surface area contributed by atoms with Crippen LogP contribution in [0.2, 0.25) is 5.02 Å². The van der Waals surface area contributed by atoms with E-state index in [-0.39, 0.29) is 5.78 Å². The van der Waals surface area contributed by atoms with Crippen LogP contribution in [0.1, 0.15) is 12.0 Å². The van der Waals surface area contributed by atoms with Crippen molar-refractivity contribution < 1.29 is 9.53 Å². The summed E-state index contributed by atoms with van der Waals surface area (Å²) < 4.78 is 5.48. The number of halogens is 1. The van der Waals surface area contributed by atoms with E-state index in [9.17, 15) is 4.79 Å². The fourth-order valence-corrected chi connectivity index (χ4v) is 1.83. The Morgan fingerprint density at radius 3 is 2.74 bits per heavy atom. The number of benzene rings is 1. The van der Waals surface area contributed by atoms with Crippen molar-refractivity contribution in [3.63, 3.8) is 0 Å². The average Bonchev–Trinajstić information content (AvgIpc) is 2.43. The van der Waals surface area contributed by atoms with Crippen molar-refractivity contribution in [1.82, 2.24) is 4.98 Å². The summed E-state index contributed by atoms with van der Waals surface area (Å²) in [5.41, 5.74) is 0.807. The van der Waals surface area contributed by atoms with Crippen molar-refractivity contribution >= 4 is 17.4 Å². The molecule has 0 fully saturated rings. The first-order valence-corrected chi connectivity index (χ1v) is 6.41. The van der Waals surface area contributed by atoms with Crippen LogP contribution in [-0.4, -0.2) is 17.4 Å². The van der Waals surface area contributed by atoms with Crippen LogP contribution in [0.25, 0.3) is 0 Å². The van der Waals surface area contributed by atoms with E-state index in [1.54, 1.807) is 18.5 Å². The van der Waals surface area contributed by atoms with Gasteiger partial charge >= 0.3 is 0 Å². The van der Waals surface area contributed by atoms with Gasteiger partial charge in [-0.25, -0.2) is 0 Å². The molecule has 98 valence electrons. The number of rotatable bonds is 6. The molecule has 2 rings (SSSR count). The summed E-state index contributed by atoms with van der Waals surface area (Å²) in [7, 11) is 0. The predicted octanol–water partition coefficient (Wildman–Crippen LogP) is 3.32. The zero-order valence-electron chi connectivity index (χ0n) is 10.4. The lowest BCUT2D eigenvalue weighted by Gasteiger charge is -2.06. The third kappa shape index (κ3) is 4.38. The number of ketones is 1. The summed E-state index contributed by atoms with van der Waals surface area (Å²) in [6, 6.07) is 11.2. The molecule has 0 spiro atoms. The second kappa shape index (κ2) is 6.90. The lowest BCUT2D eigenvalue weighted by Crippen LogP contribution is -2.09. The molecular weight excluding hydrogens is 262 g/mol. The van der Waals surface area contributed by atoms with Crippen molar-refractivity contribution in [2.45, 2.75) is 12.8 Å². The van der Waals surface area contributed by atoms with E-state index in [2.05, 4.69) is 4.98 Å². The molecule has 0 aliphatic carbocycles. The highest BCUT2D eigenvalue weighted by Gasteiger charge is 2.07. The molecule has 0 N–H and O–H groups in total. The number of aromatic nitrogens is 1. The topological polar surface area (TPSA) is 39.2 Å². The van der Waals surface area contributed by atoms with Gasteiger partial charge < -0.3 is 4.74 Å². The zero-order chi connectivity index (χ0) is 13.5. The first-order chi connectivity index (χ1) is 9.25. The predicted molar refractivity (Wildman–Crippen MR) is 74.5 cm³/mol. The maximum Gasteiger partial charge on any atom is 0.140 e. The Bertz CT molecular complexity index is 543. The van der Waals surface area contributed by atoms with E-state index in [1.807, 2.05) is 30.3 Å². The molecule has 2 aromatic rings. The average molecular weight is 276 g/mol. The van der Waals surface area contributed by atoms with Crippen molar-refractivity contribution in [1.29, 1.82) is 0 Å². The van der Waals surface area contributed by atoms with Gasteiger partial charge in [-0.2, -0.15) is 0 Å². The fourth-order valence-electron chi connectivity index (χ4n) is 1.65. The summed E-state index contributed by atoms with van der Waals surface area (Å²) in [5, 5.41) is 0.528. The molecule has 0 atom stereocenters. The molecule has 1 aromatic heterocycles. The van der Waals surface area contributed by atoms with Crippen LogP contribution in [0.3, 0.4) is 0 Å². The molecular formula is C15H14ClNO2. The minimum atomic E-state index is 0.101. The maximum absolute atomic E-state index is 11.8. The third-order valence-corrected chi connectivity index (χ3v) is 2.98. The zero-order valence-corrected chi connectivity index (χ0v) is 11.1. The molecule has 0 saturated heterocycles. The van der Waals surface area contributed by atoms with E-state index >= 15 is 0 Å². The van der Waals surface area contributed by atoms with Gasteiger partial charge in [0.25, 0.3) is 0 Å². The molecule has 1 aromatic carbocycles. The Morgan fingerprint density at radius 2 is 2.00 bits per heavy atom. The van der Waals surface area contributed by atoms with Gasteiger partial charge in [0, 0.05) is 25.2 Å². The SMILES string of the molecule is O=C(CCOc1ccccc1)Cc1ccncc1Cl. The standard InChI is InChI=1S/C15H14ClNO2/c16-15-11-17-8-6-12(15)10-13(18)7-9-19-14-4-2-1-3-5-14/h1-6,8,11H,7,9-10H2. The molecule has 1 heterocycles.